The summed E-state index contributed by atoms with van der Waals surface area (Å²) in [7, 11) is 0. The summed E-state index contributed by atoms with van der Waals surface area (Å²) in [6, 6.07) is 0. The van der Waals surface area contributed by atoms with Gasteiger partial charge >= 0.3 is 5.97 Å². The van der Waals surface area contributed by atoms with Crippen LogP contribution in [0.4, 0.5) is 0 Å². The van der Waals surface area contributed by atoms with Crippen LogP contribution in [0.25, 0.3) is 0 Å². The minimum Gasteiger partial charge on any atom is -0.481 e. The van der Waals surface area contributed by atoms with Gasteiger partial charge < -0.3 is 15.3 Å². The number of hydrogen-bond acceptors (Lipinski definition) is 4. The molecule has 3 saturated carbocycles. The number of carboxylic acid groups (broad SMARTS) is 1. The number of rotatable bonds is 1. The number of carbonyl (C=O) groups is 2. The van der Waals surface area contributed by atoms with Crippen molar-refractivity contribution in [3.63, 3.8) is 0 Å². The van der Waals surface area contributed by atoms with Gasteiger partial charge in [0.05, 0.1) is 17.6 Å². The van der Waals surface area contributed by atoms with Crippen LogP contribution in [0.5, 0.6) is 0 Å². The fourth-order valence-electron chi connectivity index (χ4n) is 9.82. The van der Waals surface area contributed by atoms with Crippen LogP contribution in [-0.4, -0.2) is 39.3 Å². The van der Waals surface area contributed by atoms with E-state index in [1.807, 2.05) is 27.7 Å². The molecular formula is C31H46O5. The molecule has 0 aliphatic heterocycles. The van der Waals surface area contributed by atoms with Crippen molar-refractivity contribution in [3.05, 3.63) is 23.3 Å². The van der Waals surface area contributed by atoms with Gasteiger partial charge in [-0.25, -0.2) is 0 Å². The summed E-state index contributed by atoms with van der Waals surface area (Å²) in [6.45, 7) is 16.9. The maximum Gasteiger partial charge on any atom is 0.309 e. The van der Waals surface area contributed by atoms with Gasteiger partial charge in [-0.15, -0.1) is 0 Å². The Morgan fingerprint density at radius 3 is 2.14 bits per heavy atom. The number of carbonyl (C=O) groups excluding carboxylic acids is 1. The Hall–Kier alpha value is -1.46. The minimum atomic E-state index is -0.848. The predicted octanol–water partition coefficient (Wildman–Crippen LogP) is 5.69. The number of aliphatic hydroxyl groups is 2. The second-order valence-electron chi connectivity index (χ2n) is 15.1. The number of ketones is 1. The van der Waals surface area contributed by atoms with Crippen LogP contribution in [0.3, 0.4) is 0 Å². The first-order valence-electron chi connectivity index (χ1n) is 13.9. The van der Waals surface area contributed by atoms with E-state index in [4.69, 9.17) is 0 Å². The summed E-state index contributed by atoms with van der Waals surface area (Å²) in [5.41, 5.74) is -0.961. The third kappa shape index (κ3) is 2.70. The van der Waals surface area contributed by atoms with Gasteiger partial charge in [-0.3, -0.25) is 9.59 Å². The highest BCUT2D eigenvalue weighted by molar-refractivity contribution is 5.89. The average molecular weight is 499 g/mol. The molecule has 3 fully saturated rings. The smallest absolute Gasteiger partial charge is 0.309 e. The number of fused-ring (bicyclic) bond motifs is 6. The molecule has 9 unspecified atom stereocenters. The first kappa shape index (κ1) is 26.2. The molecule has 5 aliphatic rings. The molecule has 5 nitrogen and oxygen atoms in total. The number of allylic oxidation sites excluding steroid dienone is 4. The molecular weight excluding hydrogens is 452 g/mol. The van der Waals surface area contributed by atoms with Crippen molar-refractivity contribution in [2.75, 3.05) is 0 Å². The Labute approximate surface area is 216 Å². The summed E-state index contributed by atoms with van der Waals surface area (Å²) in [5, 5.41) is 32.6. The van der Waals surface area contributed by atoms with E-state index in [2.05, 4.69) is 39.8 Å². The van der Waals surface area contributed by atoms with Gasteiger partial charge in [0.15, 0.2) is 0 Å². The summed E-state index contributed by atoms with van der Waals surface area (Å²) in [4.78, 5) is 26.5. The summed E-state index contributed by atoms with van der Waals surface area (Å²) < 4.78 is 0. The largest absolute Gasteiger partial charge is 0.481 e. The van der Waals surface area contributed by atoms with Crippen LogP contribution in [0.15, 0.2) is 23.3 Å². The second-order valence-corrected chi connectivity index (χ2v) is 15.1. The normalized spacial score (nSPS) is 53.7. The first-order valence-corrected chi connectivity index (χ1v) is 13.9. The van der Waals surface area contributed by atoms with E-state index in [0.717, 1.165) is 19.3 Å². The molecule has 0 aromatic carbocycles. The van der Waals surface area contributed by atoms with Crippen LogP contribution in [0.1, 0.15) is 100 Å². The van der Waals surface area contributed by atoms with Gasteiger partial charge in [-0.1, -0.05) is 66.2 Å². The average Bonchev–Trinajstić information content (AvgIpc) is 2.76. The lowest BCUT2D eigenvalue weighted by Crippen LogP contribution is -2.73. The number of aliphatic hydroxyl groups excluding tert-OH is 2. The third-order valence-corrected chi connectivity index (χ3v) is 13.5. The predicted molar refractivity (Wildman–Crippen MR) is 139 cm³/mol. The lowest BCUT2D eigenvalue weighted by molar-refractivity contribution is -0.240. The van der Waals surface area contributed by atoms with E-state index in [9.17, 15) is 24.9 Å². The number of aliphatic carboxylic acids is 1. The van der Waals surface area contributed by atoms with Crippen molar-refractivity contribution in [1.82, 2.24) is 0 Å². The zero-order valence-corrected chi connectivity index (χ0v) is 23.5. The molecule has 0 heterocycles. The van der Waals surface area contributed by atoms with Gasteiger partial charge in [-0.2, -0.15) is 0 Å². The van der Waals surface area contributed by atoms with Gasteiger partial charge in [-0.05, 0) is 66.3 Å². The molecule has 0 bridgehead atoms. The van der Waals surface area contributed by atoms with Crippen molar-refractivity contribution in [2.24, 2.45) is 43.8 Å². The van der Waals surface area contributed by atoms with Gasteiger partial charge in [0.1, 0.15) is 5.78 Å². The standard InChI is InChI=1S/C31H46O5/c1-25(2)21(33)15-20(32)23-29(6)10-9-18-19-16-27(4,24(35)36)12-11-26(19,3)13-14-28(18,5)30(29,7)17-22(34)31(23,25)8/h9-10,20-21,23,32-33H,11-17H2,1-8H3,(H,35,36). The lowest BCUT2D eigenvalue weighted by atomic mass is 9.31. The Morgan fingerprint density at radius 2 is 1.53 bits per heavy atom. The molecule has 5 rings (SSSR count). The zero-order valence-electron chi connectivity index (χ0n) is 23.5. The van der Waals surface area contributed by atoms with E-state index < -0.39 is 45.3 Å². The number of carboxylic acids is 1. The van der Waals surface area contributed by atoms with E-state index in [1.165, 1.54) is 11.1 Å². The molecule has 0 spiro atoms. The Kier molecular flexibility index (Phi) is 5.19. The molecule has 200 valence electrons. The van der Waals surface area contributed by atoms with Crippen LogP contribution >= 0.6 is 0 Å². The molecule has 0 amide bonds. The molecule has 0 aromatic rings. The van der Waals surface area contributed by atoms with Crippen molar-refractivity contribution < 1.29 is 24.9 Å². The van der Waals surface area contributed by atoms with E-state index in [0.29, 0.717) is 19.3 Å². The summed E-state index contributed by atoms with van der Waals surface area (Å²) >= 11 is 0. The molecule has 9 atom stereocenters. The number of hydrogen-bond donors (Lipinski definition) is 3. The maximum absolute atomic E-state index is 14.3. The Balaban J connectivity index is 1.74. The highest BCUT2D eigenvalue weighted by Gasteiger charge is 2.75. The third-order valence-electron chi connectivity index (χ3n) is 13.5. The summed E-state index contributed by atoms with van der Waals surface area (Å²) in [6.07, 6.45) is 7.73. The molecule has 3 N–H and O–H groups in total. The fraction of sp³-hybridized carbons (Fsp3) is 0.806. The topological polar surface area (TPSA) is 94.8 Å². The quantitative estimate of drug-likeness (QED) is 0.431. The van der Waals surface area contributed by atoms with Gasteiger partial charge in [0.25, 0.3) is 0 Å². The molecule has 5 aliphatic carbocycles. The van der Waals surface area contributed by atoms with Crippen molar-refractivity contribution in [3.8, 4) is 0 Å². The van der Waals surface area contributed by atoms with Crippen molar-refractivity contribution in [1.29, 1.82) is 0 Å². The lowest BCUT2D eigenvalue weighted by Gasteiger charge is -2.72. The molecule has 0 aromatic heterocycles. The monoisotopic (exact) mass is 498 g/mol. The van der Waals surface area contributed by atoms with Gasteiger partial charge in [0.2, 0.25) is 0 Å². The molecule has 0 radical (unpaired) electrons. The maximum atomic E-state index is 14.3. The van der Waals surface area contributed by atoms with E-state index in [-0.39, 0.29) is 29.0 Å². The fourth-order valence-corrected chi connectivity index (χ4v) is 9.82. The second kappa shape index (κ2) is 7.14. The van der Waals surface area contributed by atoms with Crippen LogP contribution < -0.4 is 0 Å². The van der Waals surface area contributed by atoms with Crippen molar-refractivity contribution >= 4 is 11.8 Å². The van der Waals surface area contributed by atoms with Crippen LogP contribution in [0, 0.1) is 43.8 Å². The van der Waals surface area contributed by atoms with Crippen molar-refractivity contribution in [2.45, 2.75) is 113 Å². The Morgan fingerprint density at radius 1 is 0.917 bits per heavy atom. The molecule has 0 saturated heterocycles. The number of Topliss-reactive ketones (excluding diaryl/α,β-unsaturated/α-hetero) is 1. The first-order chi connectivity index (χ1) is 16.3. The highest BCUT2D eigenvalue weighted by atomic mass is 16.4. The SMILES string of the molecule is CC1(C(=O)O)CCC2(C)CCC3(C)C(=C2C1)C=CC1(C)C2C(O)CC(O)C(C)(C)C2(C)C(=O)CC31C. The molecule has 5 heteroatoms. The highest BCUT2D eigenvalue weighted by Crippen LogP contribution is 2.76. The van der Waals surface area contributed by atoms with Crippen LogP contribution in [-0.2, 0) is 9.59 Å². The van der Waals surface area contributed by atoms with E-state index in [1.54, 1.807) is 0 Å². The van der Waals surface area contributed by atoms with Crippen LogP contribution in [0.2, 0.25) is 0 Å². The van der Waals surface area contributed by atoms with E-state index >= 15 is 0 Å². The minimum absolute atomic E-state index is 0.0120. The van der Waals surface area contributed by atoms with Gasteiger partial charge in [0, 0.05) is 29.6 Å². The summed E-state index contributed by atoms with van der Waals surface area (Å²) in [5.74, 6) is -0.891. The Bertz CT molecular complexity index is 1100. The molecule has 36 heavy (non-hydrogen) atoms. The zero-order chi connectivity index (χ0) is 26.9.